The highest BCUT2D eigenvalue weighted by atomic mass is 19.1. The van der Waals surface area contributed by atoms with E-state index >= 15 is 0 Å². The zero-order valence-corrected chi connectivity index (χ0v) is 8.17. The summed E-state index contributed by atoms with van der Waals surface area (Å²) in [5, 5.41) is 0. The molecule has 0 aliphatic heterocycles. The highest BCUT2D eigenvalue weighted by Crippen LogP contribution is 2.23. The summed E-state index contributed by atoms with van der Waals surface area (Å²) in [5.41, 5.74) is 4.75. The van der Waals surface area contributed by atoms with Crippen molar-refractivity contribution in [2.45, 2.75) is 38.9 Å². The van der Waals surface area contributed by atoms with Crippen LogP contribution in [0.3, 0.4) is 0 Å². The van der Waals surface area contributed by atoms with Gasteiger partial charge < -0.3 is 10.2 Å². The topological polar surface area (TPSA) is 52.0 Å². The molecule has 1 unspecified atom stereocenters. The van der Waals surface area contributed by atoms with E-state index in [1.54, 1.807) is 0 Å². The van der Waals surface area contributed by atoms with Crippen LogP contribution in [0.15, 0.2) is 10.7 Å². The molecule has 1 heterocycles. The molecular weight excluding hydrogens is 171 g/mol. The Morgan fingerprint density at radius 3 is 2.69 bits per heavy atom. The lowest BCUT2D eigenvalue weighted by atomic mass is 10.2. The molecule has 0 aliphatic rings. The smallest absolute Gasteiger partial charge is 0.231 e. The third kappa shape index (κ3) is 2.81. The predicted molar refractivity (Wildman–Crippen MR) is 48.0 cm³/mol. The third-order valence-corrected chi connectivity index (χ3v) is 1.59. The van der Waals surface area contributed by atoms with Crippen LogP contribution in [0.4, 0.5) is 4.39 Å². The standard InChI is InChI=1S/C9H15FN2O/c1-6(11)4-7-5-13-8(12-7)9(2,3)10/h5-6H,4,11H2,1-3H3. The van der Waals surface area contributed by atoms with Gasteiger partial charge in [-0.3, -0.25) is 0 Å². The second-order valence-electron chi connectivity index (χ2n) is 3.80. The second kappa shape index (κ2) is 3.46. The van der Waals surface area contributed by atoms with E-state index in [1.165, 1.54) is 20.1 Å². The first kappa shape index (κ1) is 10.2. The summed E-state index contributed by atoms with van der Waals surface area (Å²) in [5.74, 6) is 0.114. The summed E-state index contributed by atoms with van der Waals surface area (Å²) in [4.78, 5) is 4.00. The van der Waals surface area contributed by atoms with Crippen LogP contribution >= 0.6 is 0 Å². The predicted octanol–water partition coefficient (Wildman–Crippen LogP) is 1.77. The van der Waals surface area contributed by atoms with Gasteiger partial charge in [-0.2, -0.15) is 0 Å². The molecule has 2 N–H and O–H groups in total. The Hall–Kier alpha value is -0.900. The molecule has 1 aromatic rings. The molecule has 4 heteroatoms. The molecule has 0 fully saturated rings. The van der Waals surface area contributed by atoms with E-state index in [0.29, 0.717) is 12.1 Å². The van der Waals surface area contributed by atoms with Crippen LogP contribution in [0.1, 0.15) is 32.4 Å². The molecule has 0 spiro atoms. The Kier molecular flexibility index (Phi) is 2.71. The molecule has 0 aliphatic carbocycles. The van der Waals surface area contributed by atoms with Crippen molar-refractivity contribution in [1.29, 1.82) is 0 Å². The molecular formula is C9H15FN2O. The number of oxazole rings is 1. The first-order valence-electron chi connectivity index (χ1n) is 4.29. The normalized spacial score (nSPS) is 14.5. The van der Waals surface area contributed by atoms with E-state index in [-0.39, 0.29) is 11.9 Å². The lowest BCUT2D eigenvalue weighted by Gasteiger charge is -2.07. The van der Waals surface area contributed by atoms with Crippen molar-refractivity contribution in [3.8, 4) is 0 Å². The lowest BCUT2D eigenvalue weighted by Crippen LogP contribution is -2.18. The number of nitrogens with two attached hydrogens (primary N) is 1. The van der Waals surface area contributed by atoms with Gasteiger partial charge in [-0.05, 0) is 20.8 Å². The van der Waals surface area contributed by atoms with Crippen LogP contribution in [0.25, 0.3) is 0 Å². The van der Waals surface area contributed by atoms with Crippen LogP contribution in [0.5, 0.6) is 0 Å². The van der Waals surface area contributed by atoms with E-state index in [9.17, 15) is 4.39 Å². The van der Waals surface area contributed by atoms with Gasteiger partial charge in [0.25, 0.3) is 0 Å². The van der Waals surface area contributed by atoms with Gasteiger partial charge in [0.05, 0.1) is 5.69 Å². The number of nitrogens with zero attached hydrogens (tertiary/aromatic N) is 1. The molecule has 1 atom stereocenters. The number of alkyl halides is 1. The van der Waals surface area contributed by atoms with Crippen molar-refractivity contribution in [2.24, 2.45) is 5.73 Å². The van der Waals surface area contributed by atoms with E-state index in [2.05, 4.69) is 4.98 Å². The molecule has 74 valence electrons. The molecule has 3 nitrogen and oxygen atoms in total. The lowest BCUT2D eigenvalue weighted by molar-refractivity contribution is 0.170. The maximum atomic E-state index is 13.3. The average molecular weight is 186 g/mol. The number of aromatic nitrogens is 1. The number of halogens is 1. The second-order valence-corrected chi connectivity index (χ2v) is 3.80. The molecule has 13 heavy (non-hydrogen) atoms. The van der Waals surface area contributed by atoms with Gasteiger partial charge in [0.1, 0.15) is 6.26 Å². The Labute approximate surface area is 77.1 Å². The summed E-state index contributed by atoms with van der Waals surface area (Å²) in [6.07, 6.45) is 2.07. The number of hydrogen-bond acceptors (Lipinski definition) is 3. The Bertz CT molecular complexity index is 275. The van der Waals surface area contributed by atoms with Crippen molar-refractivity contribution in [2.75, 3.05) is 0 Å². The molecule has 1 aromatic heterocycles. The molecule has 0 aromatic carbocycles. The van der Waals surface area contributed by atoms with E-state index < -0.39 is 5.67 Å². The zero-order valence-electron chi connectivity index (χ0n) is 8.17. The van der Waals surface area contributed by atoms with Gasteiger partial charge in [0.15, 0.2) is 5.67 Å². The van der Waals surface area contributed by atoms with Crippen LogP contribution in [-0.4, -0.2) is 11.0 Å². The molecule has 0 saturated heterocycles. The van der Waals surface area contributed by atoms with Gasteiger partial charge in [0, 0.05) is 12.5 Å². The summed E-state index contributed by atoms with van der Waals surface area (Å²) < 4.78 is 18.3. The van der Waals surface area contributed by atoms with Crippen molar-refractivity contribution >= 4 is 0 Å². The highest BCUT2D eigenvalue weighted by molar-refractivity contribution is 5.02. The minimum atomic E-state index is -1.52. The van der Waals surface area contributed by atoms with Gasteiger partial charge in [-0.15, -0.1) is 0 Å². The van der Waals surface area contributed by atoms with E-state index in [1.807, 2.05) is 6.92 Å². The maximum absolute atomic E-state index is 13.3. The molecule has 0 bridgehead atoms. The van der Waals surface area contributed by atoms with E-state index in [0.717, 1.165) is 0 Å². The quantitative estimate of drug-likeness (QED) is 0.782. The van der Waals surface area contributed by atoms with Gasteiger partial charge in [-0.25, -0.2) is 9.37 Å². The van der Waals surface area contributed by atoms with Gasteiger partial charge in [-0.1, -0.05) is 0 Å². The average Bonchev–Trinajstić information content (AvgIpc) is 2.32. The summed E-state index contributed by atoms with van der Waals surface area (Å²) in [6, 6.07) is 0.0145. The Morgan fingerprint density at radius 1 is 1.69 bits per heavy atom. The maximum Gasteiger partial charge on any atom is 0.231 e. The van der Waals surface area contributed by atoms with Crippen LogP contribution in [-0.2, 0) is 12.1 Å². The fourth-order valence-electron chi connectivity index (χ4n) is 1.00. The number of rotatable bonds is 3. The zero-order chi connectivity index (χ0) is 10.1. The van der Waals surface area contributed by atoms with Crippen LogP contribution in [0.2, 0.25) is 0 Å². The molecule has 1 rings (SSSR count). The molecule has 0 amide bonds. The van der Waals surface area contributed by atoms with Crippen molar-refractivity contribution in [3.05, 3.63) is 17.8 Å². The summed E-state index contributed by atoms with van der Waals surface area (Å²) >= 11 is 0. The largest absolute Gasteiger partial charge is 0.445 e. The first-order chi connectivity index (χ1) is 5.89. The first-order valence-corrected chi connectivity index (χ1v) is 4.29. The van der Waals surface area contributed by atoms with Gasteiger partial charge in [0.2, 0.25) is 5.89 Å². The highest BCUT2D eigenvalue weighted by Gasteiger charge is 2.25. The molecule has 0 radical (unpaired) electrons. The van der Waals surface area contributed by atoms with Crippen LogP contribution in [0, 0.1) is 0 Å². The number of hydrogen-bond donors (Lipinski definition) is 1. The third-order valence-electron chi connectivity index (χ3n) is 1.59. The van der Waals surface area contributed by atoms with Crippen molar-refractivity contribution < 1.29 is 8.81 Å². The summed E-state index contributed by atoms with van der Waals surface area (Å²) in [6.45, 7) is 4.69. The van der Waals surface area contributed by atoms with Crippen molar-refractivity contribution in [3.63, 3.8) is 0 Å². The Balaban J connectivity index is 2.75. The fraction of sp³-hybridized carbons (Fsp3) is 0.667. The van der Waals surface area contributed by atoms with Crippen LogP contribution < -0.4 is 5.73 Å². The minimum Gasteiger partial charge on any atom is -0.445 e. The molecule has 0 saturated carbocycles. The van der Waals surface area contributed by atoms with E-state index in [4.69, 9.17) is 10.2 Å². The monoisotopic (exact) mass is 186 g/mol. The SMILES string of the molecule is CC(N)Cc1coc(C(C)(C)F)n1. The summed E-state index contributed by atoms with van der Waals surface area (Å²) in [7, 11) is 0. The van der Waals surface area contributed by atoms with Gasteiger partial charge >= 0.3 is 0 Å². The van der Waals surface area contributed by atoms with Crippen molar-refractivity contribution in [1.82, 2.24) is 4.98 Å². The Morgan fingerprint density at radius 2 is 2.31 bits per heavy atom. The fourth-order valence-corrected chi connectivity index (χ4v) is 1.00. The minimum absolute atomic E-state index is 0.0145.